The van der Waals surface area contributed by atoms with E-state index >= 15 is 0 Å². The fourth-order valence-corrected chi connectivity index (χ4v) is 2.97. The first kappa shape index (κ1) is 18.1. The molecular weight excluding hydrogens is 341 g/mol. The van der Waals surface area contributed by atoms with Crippen LogP contribution < -0.4 is 4.67 Å². The van der Waals surface area contributed by atoms with E-state index in [4.69, 9.17) is 4.74 Å². The zero-order valence-electron chi connectivity index (χ0n) is 13.3. The minimum Gasteiger partial charge on any atom is -0.462 e. The van der Waals surface area contributed by atoms with Crippen LogP contribution in [0.25, 0.3) is 0 Å². The van der Waals surface area contributed by atoms with E-state index < -0.39 is 17.7 Å². The molecule has 0 radical (unpaired) electrons. The fourth-order valence-electron chi connectivity index (χ4n) is 2.02. The standard InChI is InChI=1S/C16H15F3N2O2S/c1-4-23-15(22)13-9(2)20-10(3)24-14(13)21-12-7-5-11(6-8-12)16(17,18)19/h5-8H,4H2,1-3H3. The van der Waals surface area contributed by atoms with Crippen LogP contribution in [0, 0.1) is 13.8 Å². The maximum absolute atomic E-state index is 12.6. The monoisotopic (exact) mass is 356 g/mol. The van der Waals surface area contributed by atoms with Crippen LogP contribution in [-0.4, -0.2) is 17.6 Å². The topological polar surface area (TPSA) is 51.5 Å². The lowest BCUT2D eigenvalue weighted by molar-refractivity contribution is -0.137. The lowest BCUT2D eigenvalue weighted by atomic mass is 10.2. The molecule has 0 aliphatic carbocycles. The highest BCUT2D eigenvalue weighted by molar-refractivity contribution is 7.09. The SMILES string of the molecule is CCOC(=O)c1c(C)nc(C)sc1=Nc1ccc(C(F)(F)F)cc1. The normalized spacial score (nSPS) is 12.3. The third-order valence-corrected chi connectivity index (χ3v) is 3.93. The second kappa shape index (κ2) is 7.12. The van der Waals surface area contributed by atoms with Crippen molar-refractivity contribution in [2.45, 2.75) is 26.9 Å². The van der Waals surface area contributed by atoms with E-state index in [1.54, 1.807) is 20.8 Å². The average molecular weight is 356 g/mol. The van der Waals surface area contributed by atoms with Crippen molar-refractivity contribution >= 4 is 23.0 Å². The lowest BCUT2D eigenvalue weighted by Gasteiger charge is -2.07. The number of aromatic nitrogens is 1. The van der Waals surface area contributed by atoms with Gasteiger partial charge in [-0.05, 0) is 45.0 Å². The Labute approximate surface area is 140 Å². The number of hydrogen-bond acceptors (Lipinski definition) is 5. The van der Waals surface area contributed by atoms with Crippen molar-refractivity contribution in [3.8, 4) is 0 Å². The molecule has 1 aromatic heterocycles. The first-order valence-corrected chi connectivity index (χ1v) is 7.91. The van der Waals surface area contributed by atoms with Crippen molar-refractivity contribution in [1.29, 1.82) is 0 Å². The summed E-state index contributed by atoms with van der Waals surface area (Å²) >= 11 is 1.18. The molecule has 4 nitrogen and oxygen atoms in total. The number of ether oxygens (including phenoxy) is 1. The van der Waals surface area contributed by atoms with E-state index in [0.29, 0.717) is 21.1 Å². The predicted octanol–water partition coefficient (Wildman–Crippen LogP) is 4.19. The zero-order valence-corrected chi connectivity index (χ0v) is 14.1. The van der Waals surface area contributed by atoms with Crippen molar-refractivity contribution in [2.75, 3.05) is 6.61 Å². The molecule has 0 bridgehead atoms. The molecule has 24 heavy (non-hydrogen) atoms. The highest BCUT2D eigenvalue weighted by Crippen LogP contribution is 2.30. The Kier molecular flexibility index (Phi) is 5.38. The minimum atomic E-state index is -4.40. The Morgan fingerprint density at radius 1 is 1.25 bits per heavy atom. The maximum atomic E-state index is 12.6. The molecule has 2 rings (SSSR count). The van der Waals surface area contributed by atoms with Crippen molar-refractivity contribution in [3.05, 3.63) is 50.8 Å². The van der Waals surface area contributed by atoms with Gasteiger partial charge in [0.15, 0.2) is 0 Å². The molecule has 8 heteroatoms. The van der Waals surface area contributed by atoms with Gasteiger partial charge in [0.2, 0.25) is 0 Å². The maximum Gasteiger partial charge on any atom is 0.416 e. The summed E-state index contributed by atoms with van der Waals surface area (Å²) in [5.41, 5.74) is 0.260. The van der Waals surface area contributed by atoms with Gasteiger partial charge in [-0.3, -0.25) is 0 Å². The quantitative estimate of drug-likeness (QED) is 0.775. The number of halogens is 3. The van der Waals surface area contributed by atoms with E-state index in [2.05, 4.69) is 9.98 Å². The predicted molar refractivity (Wildman–Crippen MR) is 84.2 cm³/mol. The second-order valence-electron chi connectivity index (χ2n) is 4.88. The minimum absolute atomic E-state index is 0.205. The number of rotatable bonds is 3. The third-order valence-electron chi connectivity index (χ3n) is 3.05. The molecule has 0 aliphatic rings. The molecule has 0 saturated heterocycles. The molecule has 1 aromatic carbocycles. The largest absolute Gasteiger partial charge is 0.462 e. The Hall–Kier alpha value is -2.22. The molecule has 0 N–H and O–H groups in total. The van der Waals surface area contributed by atoms with Gasteiger partial charge in [-0.1, -0.05) is 0 Å². The molecule has 0 atom stereocenters. The molecule has 0 unspecified atom stereocenters. The summed E-state index contributed by atoms with van der Waals surface area (Å²) in [6.45, 7) is 5.32. The number of hydrogen-bond donors (Lipinski definition) is 0. The molecule has 2 aromatic rings. The number of alkyl halides is 3. The molecule has 0 saturated carbocycles. The molecule has 128 valence electrons. The Morgan fingerprint density at radius 2 is 1.88 bits per heavy atom. The van der Waals surface area contributed by atoms with E-state index in [0.717, 1.165) is 12.1 Å². The zero-order chi connectivity index (χ0) is 17.9. The van der Waals surface area contributed by atoms with Crippen molar-refractivity contribution in [2.24, 2.45) is 4.99 Å². The van der Waals surface area contributed by atoms with E-state index in [9.17, 15) is 18.0 Å². The van der Waals surface area contributed by atoms with Gasteiger partial charge in [0.25, 0.3) is 0 Å². The van der Waals surface area contributed by atoms with Gasteiger partial charge in [-0.25, -0.2) is 14.8 Å². The van der Waals surface area contributed by atoms with Crippen LogP contribution >= 0.6 is 11.3 Å². The van der Waals surface area contributed by atoms with Crippen molar-refractivity contribution in [3.63, 3.8) is 0 Å². The van der Waals surface area contributed by atoms with Gasteiger partial charge in [0.1, 0.15) is 10.2 Å². The van der Waals surface area contributed by atoms with Crippen LogP contribution in [0.5, 0.6) is 0 Å². The number of carbonyl (C=O) groups excluding carboxylic acids is 1. The highest BCUT2D eigenvalue weighted by atomic mass is 32.1. The summed E-state index contributed by atoms with van der Waals surface area (Å²) in [6, 6.07) is 4.42. The van der Waals surface area contributed by atoms with Gasteiger partial charge in [0, 0.05) is 0 Å². The van der Waals surface area contributed by atoms with E-state index in [-0.39, 0.29) is 12.2 Å². The first-order chi connectivity index (χ1) is 11.2. The Bertz CT molecular complexity index is 812. The molecule has 1 heterocycles. The fraction of sp³-hybridized carbons (Fsp3) is 0.312. The van der Waals surface area contributed by atoms with E-state index in [1.807, 2.05) is 0 Å². The number of nitrogens with zero attached hydrogens (tertiary/aromatic N) is 2. The van der Waals surface area contributed by atoms with Crippen molar-refractivity contribution < 1.29 is 22.7 Å². The van der Waals surface area contributed by atoms with Gasteiger partial charge in [-0.15, -0.1) is 11.3 Å². The summed E-state index contributed by atoms with van der Waals surface area (Å²) in [4.78, 5) is 20.6. The summed E-state index contributed by atoms with van der Waals surface area (Å²) < 4.78 is 43.2. The summed E-state index contributed by atoms with van der Waals surface area (Å²) in [7, 11) is 0. The van der Waals surface area contributed by atoms with Crippen LogP contribution in [0.2, 0.25) is 0 Å². The molecule has 0 fully saturated rings. The Morgan fingerprint density at radius 3 is 2.42 bits per heavy atom. The van der Waals surface area contributed by atoms with Crippen LogP contribution in [0.3, 0.4) is 0 Å². The molecule has 0 aliphatic heterocycles. The lowest BCUT2D eigenvalue weighted by Crippen LogP contribution is -2.19. The highest BCUT2D eigenvalue weighted by Gasteiger charge is 2.29. The van der Waals surface area contributed by atoms with Crippen LogP contribution in [-0.2, 0) is 10.9 Å². The van der Waals surface area contributed by atoms with Crippen molar-refractivity contribution in [1.82, 2.24) is 4.98 Å². The van der Waals surface area contributed by atoms with Crippen LogP contribution in [0.4, 0.5) is 18.9 Å². The van der Waals surface area contributed by atoms with Gasteiger partial charge in [-0.2, -0.15) is 13.2 Å². The summed E-state index contributed by atoms with van der Waals surface area (Å²) in [5.74, 6) is -0.551. The van der Waals surface area contributed by atoms with E-state index in [1.165, 1.54) is 23.5 Å². The van der Waals surface area contributed by atoms with Gasteiger partial charge < -0.3 is 4.74 Å². The van der Waals surface area contributed by atoms with Crippen LogP contribution in [0.15, 0.2) is 29.3 Å². The summed E-state index contributed by atoms with van der Waals surface area (Å²) in [5, 5.41) is 0.686. The van der Waals surface area contributed by atoms with Crippen LogP contribution in [0.1, 0.15) is 33.5 Å². The number of aryl methyl sites for hydroxylation is 2. The molecular formula is C16H15F3N2O2S. The average Bonchev–Trinajstić information content (AvgIpc) is 2.46. The number of benzene rings is 1. The molecule has 0 spiro atoms. The second-order valence-corrected chi connectivity index (χ2v) is 6.06. The van der Waals surface area contributed by atoms with Gasteiger partial charge in [0.05, 0.1) is 28.6 Å². The number of carbonyl (C=O) groups is 1. The Balaban J connectivity index is 2.54. The van der Waals surface area contributed by atoms with Gasteiger partial charge >= 0.3 is 12.1 Å². The smallest absolute Gasteiger partial charge is 0.416 e. The summed E-state index contributed by atoms with van der Waals surface area (Å²) in [6.07, 6.45) is -4.40. The first-order valence-electron chi connectivity index (χ1n) is 7.10. The third kappa shape index (κ3) is 4.19. The molecule has 0 amide bonds. The number of esters is 1.